The number of aryl methyl sites for hydroxylation is 2. The number of rotatable bonds is 2. The number of carbonyl (C=O) groups excluding carboxylic acids is 2. The lowest BCUT2D eigenvalue weighted by Crippen LogP contribution is -2.37. The Balaban J connectivity index is 1.49. The first-order valence-corrected chi connectivity index (χ1v) is 10.5. The molecule has 3 aromatic rings. The third kappa shape index (κ3) is 3.54. The molecular weight excluding hydrogens is 368 g/mol. The maximum atomic E-state index is 13.2. The Morgan fingerprint density at radius 1 is 0.857 bits per heavy atom. The van der Waals surface area contributed by atoms with Crippen LogP contribution in [0.3, 0.4) is 0 Å². The molecule has 0 bridgehead atoms. The maximum absolute atomic E-state index is 13.2. The fourth-order valence-electron chi connectivity index (χ4n) is 3.81. The van der Waals surface area contributed by atoms with Crippen molar-refractivity contribution < 1.29 is 9.59 Å². The van der Waals surface area contributed by atoms with Crippen LogP contribution in [0.2, 0.25) is 0 Å². The number of hydrogen-bond acceptors (Lipinski definition) is 3. The van der Waals surface area contributed by atoms with Crippen molar-refractivity contribution in [3.63, 3.8) is 0 Å². The molecule has 1 aliphatic heterocycles. The average molecular weight is 393 g/mol. The molecule has 5 heteroatoms. The number of thiophene rings is 1. The summed E-state index contributed by atoms with van der Waals surface area (Å²) >= 11 is 1.57. The van der Waals surface area contributed by atoms with Crippen molar-refractivity contribution in [2.75, 3.05) is 26.2 Å². The fourth-order valence-corrected chi connectivity index (χ4v) is 4.98. The van der Waals surface area contributed by atoms with Crippen molar-refractivity contribution in [2.24, 2.45) is 0 Å². The maximum Gasteiger partial charge on any atom is 0.264 e. The van der Waals surface area contributed by atoms with E-state index in [0.29, 0.717) is 26.2 Å². The minimum atomic E-state index is 0.0519. The highest BCUT2D eigenvalue weighted by molar-refractivity contribution is 7.21. The molecule has 0 saturated carbocycles. The largest absolute Gasteiger partial charge is 0.337 e. The van der Waals surface area contributed by atoms with Crippen LogP contribution in [0.5, 0.6) is 0 Å². The van der Waals surface area contributed by atoms with Crippen molar-refractivity contribution >= 4 is 33.2 Å². The van der Waals surface area contributed by atoms with Crippen LogP contribution in [0.25, 0.3) is 10.1 Å². The molecule has 2 aromatic carbocycles. The van der Waals surface area contributed by atoms with Crippen LogP contribution in [0, 0.1) is 13.8 Å². The summed E-state index contributed by atoms with van der Waals surface area (Å²) in [6.07, 6.45) is 0.799. The Morgan fingerprint density at radius 2 is 1.57 bits per heavy atom. The van der Waals surface area contributed by atoms with Crippen LogP contribution < -0.4 is 0 Å². The molecule has 4 rings (SSSR count). The summed E-state index contributed by atoms with van der Waals surface area (Å²) in [6, 6.07) is 15.9. The van der Waals surface area contributed by atoms with E-state index in [9.17, 15) is 9.59 Å². The molecule has 0 unspecified atom stereocenters. The van der Waals surface area contributed by atoms with E-state index in [1.54, 1.807) is 11.3 Å². The first-order valence-electron chi connectivity index (χ1n) is 9.68. The molecule has 2 amide bonds. The van der Waals surface area contributed by atoms with Crippen molar-refractivity contribution in [1.29, 1.82) is 0 Å². The summed E-state index contributed by atoms with van der Waals surface area (Å²) < 4.78 is 1.15. The average Bonchev–Trinajstić information content (AvgIpc) is 2.88. The van der Waals surface area contributed by atoms with Gasteiger partial charge in [-0.05, 0) is 49.4 Å². The second kappa shape index (κ2) is 7.76. The lowest BCUT2D eigenvalue weighted by Gasteiger charge is -2.22. The Kier molecular flexibility index (Phi) is 5.18. The number of nitrogens with zero attached hydrogens (tertiary/aromatic N) is 2. The smallest absolute Gasteiger partial charge is 0.264 e. The summed E-state index contributed by atoms with van der Waals surface area (Å²) in [5.41, 5.74) is 2.86. The number of fused-ring (bicyclic) bond motifs is 1. The van der Waals surface area contributed by atoms with Crippen LogP contribution in [-0.4, -0.2) is 47.8 Å². The van der Waals surface area contributed by atoms with E-state index in [1.165, 1.54) is 0 Å². The van der Waals surface area contributed by atoms with Gasteiger partial charge in [0.1, 0.15) is 0 Å². The van der Waals surface area contributed by atoms with E-state index < -0.39 is 0 Å². The second-order valence-corrected chi connectivity index (χ2v) is 8.41. The highest BCUT2D eigenvalue weighted by Crippen LogP contribution is 2.31. The summed E-state index contributed by atoms with van der Waals surface area (Å²) in [7, 11) is 0. The van der Waals surface area contributed by atoms with Gasteiger partial charge in [0.05, 0.1) is 4.88 Å². The summed E-state index contributed by atoms with van der Waals surface area (Å²) in [5, 5.41) is 1.15. The van der Waals surface area contributed by atoms with E-state index in [-0.39, 0.29) is 11.8 Å². The quantitative estimate of drug-likeness (QED) is 0.644. The lowest BCUT2D eigenvalue weighted by atomic mass is 10.1. The number of benzene rings is 2. The second-order valence-electron chi connectivity index (χ2n) is 7.36. The molecule has 0 spiro atoms. The Morgan fingerprint density at radius 3 is 2.29 bits per heavy atom. The van der Waals surface area contributed by atoms with Gasteiger partial charge < -0.3 is 9.80 Å². The van der Waals surface area contributed by atoms with E-state index in [0.717, 1.165) is 38.1 Å². The molecule has 4 nitrogen and oxygen atoms in total. The SMILES string of the molecule is Cc1cccc(C(=O)N2CCCN(C(=O)c3sc4ccccc4c3C)CC2)c1. The standard InChI is InChI=1S/C23H24N2O2S/c1-16-7-5-8-18(15-16)22(26)24-11-6-12-25(14-13-24)23(27)21-17(2)19-9-3-4-10-20(19)28-21/h3-5,7-10,15H,6,11-14H2,1-2H3. The highest BCUT2D eigenvalue weighted by atomic mass is 32.1. The highest BCUT2D eigenvalue weighted by Gasteiger charge is 2.25. The minimum Gasteiger partial charge on any atom is -0.337 e. The molecule has 0 aliphatic carbocycles. The first-order chi connectivity index (χ1) is 13.5. The molecule has 1 fully saturated rings. The van der Waals surface area contributed by atoms with Gasteiger partial charge in [0.25, 0.3) is 11.8 Å². The zero-order chi connectivity index (χ0) is 19.7. The van der Waals surface area contributed by atoms with Gasteiger partial charge in [-0.15, -0.1) is 11.3 Å². The van der Waals surface area contributed by atoms with Gasteiger partial charge in [0.15, 0.2) is 0 Å². The zero-order valence-electron chi connectivity index (χ0n) is 16.3. The third-order valence-electron chi connectivity index (χ3n) is 5.37. The molecule has 0 radical (unpaired) electrons. The van der Waals surface area contributed by atoms with Crippen LogP contribution in [-0.2, 0) is 0 Å². The van der Waals surface area contributed by atoms with Crippen LogP contribution in [0.15, 0.2) is 48.5 Å². The normalized spacial score (nSPS) is 14.9. The topological polar surface area (TPSA) is 40.6 Å². The number of hydrogen-bond donors (Lipinski definition) is 0. The predicted octanol–water partition coefficient (Wildman–Crippen LogP) is 4.51. The number of amides is 2. The third-order valence-corrected chi connectivity index (χ3v) is 6.63. The van der Waals surface area contributed by atoms with Gasteiger partial charge in [-0.2, -0.15) is 0 Å². The summed E-state index contributed by atoms with van der Waals surface area (Å²) in [5.74, 6) is 0.139. The van der Waals surface area contributed by atoms with Gasteiger partial charge in [0.2, 0.25) is 0 Å². The molecule has 2 heterocycles. The van der Waals surface area contributed by atoms with E-state index in [2.05, 4.69) is 12.1 Å². The molecule has 28 heavy (non-hydrogen) atoms. The fraction of sp³-hybridized carbons (Fsp3) is 0.304. The minimum absolute atomic E-state index is 0.0519. The molecule has 1 saturated heterocycles. The van der Waals surface area contributed by atoms with Gasteiger partial charge in [0, 0.05) is 36.4 Å². The van der Waals surface area contributed by atoms with Crippen LogP contribution in [0.4, 0.5) is 0 Å². The Hall–Kier alpha value is -2.66. The van der Waals surface area contributed by atoms with Gasteiger partial charge >= 0.3 is 0 Å². The Labute approximate surface area is 169 Å². The van der Waals surface area contributed by atoms with Crippen LogP contribution in [0.1, 0.15) is 37.6 Å². The monoisotopic (exact) mass is 392 g/mol. The van der Waals surface area contributed by atoms with Crippen molar-refractivity contribution in [3.8, 4) is 0 Å². The number of carbonyl (C=O) groups is 2. The molecule has 0 atom stereocenters. The Bertz CT molecular complexity index is 1040. The van der Waals surface area contributed by atoms with Crippen molar-refractivity contribution in [1.82, 2.24) is 9.80 Å². The van der Waals surface area contributed by atoms with Crippen molar-refractivity contribution in [3.05, 3.63) is 70.1 Å². The molecule has 1 aromatic heterocycles. The predicted molar refractivity (Wildman–Crippen MR) is 114 cm³/mol. The van der Waals surface area contributed by atoms with Crippen molar-refractivity contribution in [2.45, 2.75) is 20.3 Å². The lowest BCUT2D eigenvalue weighted by molar-refractivity contribution is 0.0721. The molecular formula is C23H24N2O2S. The summed E-state index contributed by atoms with van der Waals surface area (Å²) in [6.45, 7) is 6.53. The molecule has 0 N–H and O–H groups in total. The zero-order valence-corrected chi connectivity index (χ0v) is 17.1. The van der Waals surface area contributed by atoms with Gasteiger partial charge in [-0.3, -0.25) is 9.59 Å². The summed E-state index contributed by atoms with van der Waals surface area (Å²) in [4.78, 5) is 30.6. The molecule has 1 aliphatic rings. The van der Waals surface area contributed by atoms with Crippen LogP contribution >= 0.6 is 11.3 Å². The van der Waals surface area contributed by atoms with Gasteiger partial charge in [-0.25, -0.2) is 0 Å². The van der Waals surface area contributed by atoms with E-state index in [1.807, 2.05) is 60.0 Å². The first kappa shape index (κ1) is 18.7. The van der Waals surface area contributed by atoms with Gasteiger partial charge in [-0.1, -0.05) is 35.9 Å². The van der Waals surface area contributed by atoms with E-state index >= 15 is 0 Å². The molecule has 144 valence electrons. The van der Waals surface area contributed by atoms with E-state index in [4.69, 9.17) is 0 Å².